The quantitative estimate of drug-likeness (QED) is 0.675. The minimum Gasteiger partial charge on any atom is -0.347 e. The van der Waals surface area contributed by atoms with Crippen LogP contribution in [0, 0.1) is 0 Å². The van der Waals surface area contributed by atoms with E-state index >= 15 is 0 Å². The minimum absolute atomic E-state index is 0.0521. The summed E-state index contributed by atoms with van der Waals surface area (Å²) >= 11 is 0. The summed E-state index contributed by atoms with van der Waals surface area (Å²) in [4.78, 5) is 12.4. The Bertz CT molecular complexity index is 1010. The first-order valence-corrected chi connectivity index (χ1v) is 9.36. The van der Waals surface area contributed by atoms with Crippen LogP contribution in [0.15, 0.2) is 59.9 Å². The number of carbonyl (C=O) groups excluding carboxylic acids is 1. The van der Waals surface area contributed by atoms with E-state index in [-0.39, 0.29) is 16.5 Å². The van der Waals surface area contributed by atoms with Crippen molar-refractivity contribution >= 4 is 15.9 Å². The van der Waals surface area contributed by atoms with Crippen LogP contribution in [-0.4, -0.2) is 35.7 Å². The maximum atomic E-state index is 12.4. The zero-order chi connectivity index (χ0) is 18.7. The van der Waals surface area contributed by atoms with Crippen molar-refractivity contribution in [3.63, 3.8) is 0 Å². The molecule has 0 unspecified atom stereocenters. The number of nitrogens with zero attached hydrogens (tertiary/aromatic N) is 3. The molecule has 8 nitrogen and oxygen atoms in total. The number of benzene rings is 1. The summed E-state index contributed by atoms with van der Waals surface area (Å²) in [6, 6.07) is 10.8. The molecular weight excluding hydrogens is 354 g/mol. The van der Waals surface area contributed by atoms with Crippen molar-refractivity contribution in [2.24, 2.45) is 7.05 Å². The summed E-state index contributed by atoms with van der Waals surface area (Å²) in [7, 11) is -0.630. The van der Waals surface area contributed by atoms with Gasteiger partial charge in [0.15, 0.2) is 0 Å². The number of hydrogen-bond donors (Lipinski definition) is 2. The van der Waals surface area contributed by atoms with Crippen LogP contribution < -0.4 is 10.0 Å². The predicted molar refractivity (Wildman–Crippen MR) is 96.4 cm³/mol. The van der Waals surface area contributed by atoms with E-state index < -0.39 is 10.0 Å². The largest absolute Gasteiger partial charge is 0.347 e. The van der Waals surface area contributed by atoms with E-state index in [1.807, 2.05) is 36.5 Å². The van der Waals surface area contributed by atoms with Gasteiger partial charge in [0.25, 0.3) is 5.91 Å². The number of nitrogens with one attached hydrogen (secondary N) is 2. The fourth-order valence-corrected chi connectivity index (χ4v) is 3.29. The van der Waals surface area contributed by atoms with Crippen LogP contribution in [0.25, 0.3) is 5.69 Å². The topological polar surface area (TPSA) is 98.0 Å². The number of rotatable bonds is 6. The van der Waals surface area contributed by atoms with Crippen molar-refractivity contribution in [3.8, 4) is 5.69 Å². The predicted octanol–water partition coefficient (Wildman–Crippen LogP) is 1.05. The molecule has 0 aliphatic rings. The second-order valence-corrected chi connectivity index (χ2v) is 7.57. The van der Waals surface area contributed by atoms with Crippen LogP contribution in [0.5, 0.6) is 0 Å². The van der Waals surface area contributed by atoms with Crippen molar-refractivity contribution in [1.82, 2.24) is 24.4 Å². The van der Waals surface area contributed by atoms with Gasteiger partial charge in [-0.25, -0.2) is 17.8 Å². The third kappa shape index (κ3) is 3.68. The fourth-order valence-electron chi connectivity index (χ4n) is 2.49. The smallest absolute Gasteiger partial charge is 0.268 e. The maximum absolute atomic E-state index is 12.4. The molecule has 2 heterocycles. The molecule has 0 atom stereocenters. The second kappa shape index (κ2) is 7.14. The number of carbonyl (C=O) groups is 1. The molecule has 0 bridgehead atoms. The SMILES string of the molecule is CNS(=O)(=O)c1cc(C(=O)NCc2ccc(-n3cccn3)cc2)n(C)c1. The van der Waals surface area contributed by atoms with Crippen molar-refractivity contribution in [2.75, 3.05) is 7.05 Å². The number of hydrogen-bond acceptors (Lipinski definition) is 4. The Hall–Kier alpha value is -2.91. The summed E-state index contributed by atoms with van der Waals surface area (Å²) in [6.07, 6.45) is 4.96. The normalized spacial score (nSPS) is 11.5. The van der Waals surface area contributed by atoms with Gasteiger partial charge in [-0.1, -0.05) is 12.1 Å². The van der Waals surface area contributed by atoms with Gasteiger partial charge < -0.3 is 9.88 Å². The fraction of sp³-hybridized carbons (Fsp3) is 0.176. The highest BCUT2D eigenvalue weighted by Crippen LogP contribution is 2.13. The molecule has 0 spiro atoms. The lowest BCUT2D eigenvalue weighted by atomic mass is 10.2. The van der Waals surface area contributed by atoms with Gasteiger partial charge in [-0.15, -0.1) is 0 Å². The summed E-state index contributed by atoms with van der Waals surface area (Å²) in [6.45, 7) is 0.331. The monoisotopic (exact) mass is 373 g/mol. The van der Waals surface area contributed by atoms with Crippen LogP contribution >= 0.6 is 0 Å². The Balaban J connectivity index is 1.68. The zero-order valence-corrected chi connectivity index (χ0v) is 15.2. The van der Waals surface area contributed by atoms with E-state index in [0.29, 0.717) is 6.54 Å². The van der Waals surface area contributed by atoms with E-state index in [9.17, 15) is 13.2 Å². The summed E-state index contributed by atoms with van der Waals surface area (Å²) < 4.78 is 29.1. The third-order valence-corrected chi connectivity index (χ3v) is 5.33. The molecule has 1 amide bonds. The van der Waals surface area contributed by atoms with Gasteiger partial charge in [0.1, 0.15) is 10.6 Å². The molecule has 9 heteroatoms. The summed E-state index contributed by atoms with van der Waals surface area (Å²) in [5.41, 5.74) is 2.12. The molecule has 2 N–H and O–H groups in total. The molecule has 0 radical (unpaired) electrons. The van der Waals surface area contributed by atoms with Crippen LogP contribution in [0.3, 0.4) is 0 Å². The van der Waals surface area contributed by atoms with E-state index in [0.717, 1.165) is 11.3 Å². The number of aromatic nitrogens is 3. The number of aryl methyl sites for hydroxylation is 1. The van der Waals surface area contributed by atoms with E-state index in [1.165, 1.54) is 23.9 Å². The van der Waals surface area contributed by atoms with Gasteiger partial charge in [0.2, 0.25) is 10.0 Å². The van der Waals surface area contributed by atoms with Gasteiger partial charge in [-0.2, -0.15) is 5.10 Å². The van der Waals surface area contributed by atoms with Crippen LogP contribution in [0.1, 0.15) is 16.1 Å². The van der Waals surface area contributed by atoms with Gasteiger partial charge in [0.05, 0.1) is 5.69 Å². The maximum Gasteiger partial charge on any atom is 0.268 e. The molecule has 2 aromatic heterocycles. The van der Waals surface area contributed by atoms with Crippen LogP contribution in [0.4, 0.5) is 0 Å². The molecule has 3 aromatic rings. The Morgan fingerprint density at radius 1 is 1.23 bits per heavy atom. The number of amides is 1. The molecule has 0 aliphatic carbocycles. The van der Waals surface area contributed by atoms with Crippen molar-refractivity contribution in [3.05, 3.63) is 66.2 Å². The standard InChI is InChI=1S/C17H19N5O3S/c1-18-26(24,25)15-10-16(21(2)12-15)17(23)19-11-13-4-6-14(7-5-13)22-9-3-8-20-22/h3-10,12,18H,11H2,1-2H3,(H,19,23). The zero-order valence-electron chi connectivity index (χ0n) is 14.4. The minimum atomic E-state index is -3.59. The van der Waals surface area contributed by atoms with Gasteiger partial charge in [-0.3, -0.25) is 4.79 Å². The molecule has 136 valence electrons. The average molecular weight is 373 g/mol. The van der Waals surface area contributed by atoms with Gasteiger partial charge in [0, 0.05) is 32.2 Å². The lowest BCUT2D eigenvalue weighted by molar-refractivity contribution is 0.0943. The highest BCUT2D eigenvalue weighted by molar-refractivity contribution is 7.89. The molecule has 0 fully saturated rings. The Morgan fingerprint density at radius 2 is 1.96 bits per heavy atom. The number of sulfonamides is 1. The van der Waals surface area contributed by atoms with Gasteiger partial charge >= 0.3 is 0 Å². The molecule has 26 heavy (non-hydrogen) atoms. The molecule has 0 saturated carbocycles. The molecule has 0 saturated heterocycles. The first-order valence-electron chi connectivity index (χ1n) is 7.88. The third-order valence-electron chi connectivity index (χ3n) is 3.95. The molecule has 1 aromatic carbocycles. The van der Waals surface area contributed by atoms with Gasteiger partial charge in [-0.05, 0) is 36.9 Å². The Morgan fingerprint density at radius 3 is 2.58 bits per heavy atom. The second-order valence-electron chi connectivity index (χ2n) is 5.68. The van der Waals surface area contributed by atoms with Crippen LogP contribution in [0.2, 0.25) is 0 Å². The molecular formula is C17H19N5O3S. The summed E-state index contributed by atoms with van der Waals surface area (Å²) in [5.74, 6) is -0.346. The summed E-state index contributed by atoms with van der Waals surface area (Å²) in [5, 5.41) is 6.95. The highest BCUT2D eigenvalue weighted by Gasteiger charge is 2.18. The first-order chi connectivity index (χ1) is 12.4. The highest BCUT2D eigenvalue weighted by atomic mass is 32.2. The van der Waals surface area contributed by atoms with Crippen LogP contribution in [-0.2, 0) is 23.6 Å². The molecule has 0 aliphatic heterocycles. The van der Waals surface area contributed by atoms with Crippen molar-refractivity contribution in [2.45, 2.75) is 11.4 Å². The van der Waals surface area contributed by atoms with Crippen molar-refractivity contribution < 1.29 is 13.2 Å². The lowest BCUT2D eigenvalue weighted by Crippen LogP contribution is -2.24. The first kappa shape index (κ1) is 17.9. The Kier molecular flexibility index (Phi) is 4.92. The van der Waals surface area contributed by atoms with E-state index in [2.05, 4.69) is 15.1 Å². The average Bonchev–Trinajstić information content (AvgIpc) is 3.30. The van der Waals surface area contributed by atoms with E-state index in [1.54, 1.807) is 17.9 Å². The van der Waals surface area contributed by atoms with E-state index in [4.69, 9.17) is 0 Å². The lowest BCUT2D eigenvalue weighted by Gasteiger charge is -2.07. The van der Waals surface area contributed by atoms with Crippen molar-refractivity contribution in [1.29, 1.82) is 0 Å². The molecule has 3 rings (SSSR count). The Labute approximate surface area is 151 Å².